The second-order valence-corrected chi connectivity index (χ2v) is 8.05. The quantitative estimate of drug-likeness (QED) is 0.706. The van der Waals surface area contributed by atoms with Crippen LogP contribution in [0.5, 0.6) is 5.75 Å². The van der Waals surface area contributed by atoms with Crippen LogP contribution in [0.4, 0.5) is 5.82 Å². The van der Waals surface area contributed by atoms with Crippen molar-refractivity contribution in [2.24, 2.45) is 5.92 Å². The molecule has 1 saturated heterocycles. The van der Waals surface area contributed by atoms with E-state index in [1.54, 1.807) is 24.3 Å². The Kier molecular flexibility index (Phi) is 7.85. The maximum atomic E-state index is 12.8. The third kappa shape index (κ3) is 5.96. The van der Waals surface area contributed by atoms with E-state index in [2.05, 4.69) is 33.1 Å². The highest BCUT2D eigenvalue weighted by Crippen LogP contribution is 2.21. The van der Waals surface area contributed by atoms with Crippen molar-refractivity contribution in [1.29, 1.82) is 5.26 Å². The second-order valence-electron chi connectivity index (χ2n) is 8.05. The number of nitrogens with zero attached hydrogens (tertiary/aromatic N) is 4. The summed E-state index contributed by atoms with van der Waals surface area (Å²) in [5.74, 6) is 1.15. The zero-order valence-electron chi connectivity index (χ0n) is 18.5. The number of hydrogen-bond acceptors (Lipinski definition) is 6. The van der Waals surface area contributed by atoms with Crippen LogP contribution in [0.25, 0.3) is 0 Å². The molecule has 7 nitrogen and oxygen atoms in total. The monoisotopic (exact) mass is 421 g/mol. The standard InChI is InChI=1S/C24H31N5O2/c1-4-28-11-13-29(14-12-28)22-10-9-19(16-26-22)17-27-24(30)23(18(2)3)31-21-8-6-5-7-20(21)15-25/h5-10,16,18,23H,4,11-14,17H2,1-3H3,(H,27,30). The number of carbonyl (C=O) groups is 1. The van der Waals surface area contributed by atoms with Crippen LogP contribution in [-0.4, -0.2) is 54.6 Å². The second kappa shape index (κ2) is 10.8. The lowest BCUT2D eigenvalue weighted by Gasteiger charge is -2.34. The van der Waals surface area contributed by atoms with Crippen LogP contribution < -0.4 is 15.0 Å². The molecule has 3 rings (SSSR count). The number of hydrogen-bond donors (Lipinski definition) is 1. The fourth-order valence-corrected chi connectivity index (χ4v) is 3.58. The predicted molar refractivity (Wildman–Crippen MR) is 121 cm³/mol. The molecule has 1 fully saturated rings. The van der Waals surface area contributed by atoms with Gasteiger partial charge in [-0.3, -0.25) is 4.79 Å². The first-order valence-electron chi connectivity index (χ1n) is 10.9. The molecule has 0 radical (unpaired) electrons. The number of anilines is 1. The van der Waals surface area contributed by atoms with E-state index in [-0.39, 0.29) is 11.8 Å². The molecule has 1 amide bonds. The Morgan fingerprint density at radius 3 is 2.55 bits per heavy atom. The molecule has 2 aromatic rings. The topological polar surface area (TPSA) is 81.5 Å². The number of nitriles is 1. The molecule has 1 atom stereocenters. The Labute approximate surface area is 184 Å². The Morgan fingerprint density at radius 1 is 1.19 bits per heavy atom. The van der Waals surface area contributed by atoms with Crippen molar-refractivity contribution in [3.8, 4) is 11.8 Å². The molecule has 1 unspecified atom stereocenters. The summed E-state index contributed by atoms with van der Waals surface area (Å²) in [5, 5.41) is 12.2. The summed E-state index contributed by atoms with van der Waals surface area (Å²) in [6.45, 7) is 11.6. The molecule has 1 aliphatic heterocycles. The van der Waals surface area contributed by atoms with Crippen LogP contribution in [0.1, 0.15) is 31.9 Å². The van der Waals surface area contributed by atoms with Crippen LogP contribution in [0.3, 0.4) is 0 Å². The molecule has 1 aromatic heterocycles. The summed E-state index contributed by atoms with van der Waals surface area (Å²) in [6, 6.07) is 13.1. The maximum Gasteiger partial charge on any atom is 0.261 e. The molecule has 0 spiro atoms. The van der Waals surface area contributed by atoms with Gasteiger partial charge >= 0.3 is 0 Å². The average molecular weight is 422 g/mol. The number of carbonyl (C=O) groups excluding carboxylic acids is 1. The number of piperazine rings is 1. The number of rotatable bonds is 8. The van der Waals surface area contributed by atoms with Gasteiger partial charge in [-0.25, -0.2) is 4.98 Å². The number of pyridine rings is 1. The number of benzene rings is 1. The van der Waals surface area contributed by atoms with Crippen LogP contribution in [0.15, 0.2) is 42.6 Å². The van der Waals surface area contributed by atoms with E-state index in [0.717, 1.165) is 44.1 Å². The van der Waals surface area contributed by atoms with Crippen molar-refractivity contribution in [3.63, 3.8) is 0 Å². The van der Waals surface area contributed by atoms with E-state index in [1.165, 1.54) is 0 Å². The highest BCUT2D eigenvalue weighted by molar-refractivity contribution is 5.81. The molecule has 7 heteroatoms. The Balaban J connectivity index is 1.56. The molecule has 0 bridgehead atoms. The summed E-state index contributed by atoms with van der Waals surface area (Å²) >= 11 is 0. The number of nitrogens with one attached hydrogen (secondary N) is 1. The van der Waals surface area contributed by atoms with E-state index in [4.69, 9.17) is 4.74 Å². The fraction of sp³-hybridized carbons (Fsp3) is 0.458. The van der Waals surface area contributed by atoms with Gasteiger partial charge in [0.05, 0.1) is 5.56 Å². The summed E-state index contributed by atoms with van der Waals surface area (Å²) in [7, 11) is 0. The molecule has 2 heterocycles. The van der Waals surface area contributed by atoms with Crippen molar-refractivity contribution in [3.05, 3.63) is 53.7 Å². The van der Waals surface area contributed by atoms with Crippen molar-refractivity contribution < 1.29 is 9.53 Å². The van der Waals surface area contributed by atoms with Crippen LogP contribution in [0, 0.1) is 17.2 Å². The molecule has 1 aromatic carbocycles. The smallest absolute Gasteiger partial charge is 0.261 e. The Bertz CT molecular complexity index is 899. The minimum absolute atomic E-state index is 0.0472. The van der Waals surface area contributed by atoms with Crippen LogP contribution in [-0.2, 0) is 11.3 Å². The van der Waals surface area contributed by atoms with Gasteiger partial charge in [0.15, 0.2) is 6.10 Å². The molecule has 1 aliphatic rings. The summed E-state index contributed by atoms with van der Waals surface area (Å²) in [6.07, 6.45) is 1.13. The minimum atomic E-state index is -0.684. The molecular formula is C24H31N5O2. The molecule has 0 saturated carbocycles. The number of ether oxygens (including phenoxy) is 1. The Hall–Kier alpha value is -3.11. The van der Waals surface area contributed by atoms with E-state index in [9.17, 15) is 10.1 Å². The van der Waals surface area contributed by atoms with E-state index >= 15 is 0 Å². The molecule has 0 aliphatic carbocycles. The van der Waals surface area contributed by atoms with E-state index in [1.807, 2.05) is 32.2 Å². The number of amides is 1. The number of para-hydroxylation sites is 1. The molecule has 31 heavy (non-hydrogen) atoms. The maximum absolute atomic E-state index is 12.8. The highest BCUT2D eigenvalue weighted by atomic mass is 16.5. The van der Waals surface area contributed by atoms with E-state index < -0.39 is 6.10 Å². The first kappa shape index (κ1) is 22.6. The predicted octanol–water partition coefficient (Wildman–Crippen LogP) is 2.81. The van der Waals surface area contributed by atoms with Crippen LogP contribution in [0.2, 0.25) is 0 Å². The SMILES string of the molecule is CCN1CCN(c2ccc(CNC(=O)C(Oc3ccccc3C#N)C(C)C)cn2)CC1. The van der Waals surface area contributed by atoms with Crippen molar-refractivity contribution in [2.45, 2.75) is 33.4 Å². The zero-order valence-corrected chi connectivity index (χ0v) is 18.5. The van der Waals surface area contributed by atoms with Gasteiger partial charge in [-0.2, -0.15) is 5.26 Å². The number of likely N-dealkylation sites (N-methyl/N-ethyl adjacent to an activating group) is 1. The Morgan fingerprint density at radius 2 is 1.94 bits per heavy atom. The van der Waals surface area contributed by atoms with E-state index in [0.29, 0.717) is 17.9 Å². The van der Waals surface area contributed by atoms with Gasteiger partial charge in [0.25, 0.3) is 5.91 Å². The summed E-state index contributed by atoms with van der Waals surface area (Å²) in [4.78, 5) is 22.1. The van der Waals surface area contributed by atoms with Gasteiger partial charge in [-0.1, -0.05) is 39.0 Å². The minimum Gasteiger partial charge on any atom is -0.479 e. The first-order chi connectivity index (χ1) is 15.0. The molecule has 1 N–H and O–H groups in total. The molecule has 164 valence electrons. The van der Waals surface area contributed by atoms with Gasteiger partial charge in [0.2, 0.25) is 0 Å². The zero-order chi connectivity index (χ0) is 22.2. The van der Waals surface area contributed by atoms with Crippen molar-refractivity contribution in [1.82, 2.24) is 15.2 Å². The van der Waals surface area contributed by atoms with Gasteiger partial charge < -0.3 is 19.9 Å². The lowest BCUT2D eigenvalue weighted by molar-refractivity contribution is -0.130. The van der Waals surface area contributed by atoms with Crippen molar-refractivity contribution in [2.75, 3.05) is 37.6 Å². The van der Waals surface area contributed by atoms with Gasteiger partial charge in [-0.05, 0) is 36.2 Å². The lowest BCUT2D eigenvalue weighted by Crippen LogP contribution is -2.46. The number of aromatic nitrogens is 1. The van der Waals surface area contributed by atoms with Gasteiger partial charge in [0, 0.05) is 38.9 Å². The average Bonchev–Trinajstić information content (AvgIpc) is 2.81. The summed E-state index contributed by atoms with van der Waals surface area (Å²) in [5.41, 5.74) is 1.35. The highest BCUT2D eigenvalue weighted by Gasteiger charge is 2.25. The normalized spacial score (nSPS) is 15.4. The summed E-state index contributed by atoms with van der Waals surface area (Å²) < 4.78 is 5.90. The van der Waals surface area contributed by atoms with Gasteiger partial charge in [-0.15, -0.1) is 0 Å². The third-order valence-electron chi connectivity index (χ3n) is 5.54. The van der Waals surface area contributed by atoms with Gasteiger partial charge in [0.1, 0.15) is 17.6 Å². The first-order valence-corrected chi connectivity index (χ1v) is 10.9. The van der Waals surface area contributed by atoms with Crippen molar-refractivity contribution >= 4 is 11.7 Å². The van der Waals surface area contributed by atoms with Crippen LogP contribution >= 0.6 is 0 Å². The third-order valence-corrected chi connectivity index (χ3v) is 5.54. The lowest BCUT2D eigenvalue weighted by atomic mass is 10.1. The fourth-order valence-electron chi connectivity index (χ4n) is 3.58. The largest absolute Gasteiger partial charge is 0.479 e. The molecular weight excluding hydrogens is 390 g/mol.